The molecule has 182 valence electrons. The van der Waals surface area contributed by atoms with E-state index >= 15 is 0 Å². The highest BCUT2D eigenvalue weighted by Crippen LogP contribution is 2.29. The molecule has 3 aromatic carbocycles. The Labute approximate surface area is 195 Å². The van der Waals surface area contributed by atoms with Crippen molar-refractivity contribution in [2.45, 2.75) is 19.8 Å². The number of nitrogens with zero attached hydrogens (tertiary/aromatic N) is 1. The Morgan fingerprint density at radius 3 is 2.34 bits per heavy atom. The summed E-state index contributed by atoms with van der Waals surface area (Å²) in [5.41, 5.74) is 1.04. The fraction of sp³-hybridized carbons (Fsp3) is 0.130. The summed E-state index contributed by atoms with van der Waals surface area (Å²) < 4.78 is 65.0. The number of halogens is 4. The first kappa shape index (κ1) is 23.7. The van der Waals surface area contributed by atoms with E-state index < -0.39 is 19.3 Å². The second-order valence-electron chi connectivity index (χ2n) is 7.01. The van der Waals surface area contributed by atoms with Gasteiger partial charge in [0.25, 0.3) is 0 Å². The first-order chi connectivity index (χ1) is 16.9. The van der Waals surface area contributed by atoms with E-state index in [4.69, 9.17) is 4.74 Å². The second-order valence-corrected chi connectivity index (χ2v) is 7.01. The van der Waals surface area contributed by atoms with E-state index in [2.05, 4.69) is 30.3 Å². The Kier molecular flexibility index (Phi) is 7.19. The maximum absolute atomic E-state index is 12.6. The summed E-state index contributed by atoms with van der Waals surface area (Å²) in [6.07, 6.45) is 0. The van der Waals surface area contributed by atoms with E-state index in [1.807, 2.05) is 0 Å². The van der Waals surface area contributed by atoms with Crippen LogP contribution in [-0.4, -0.2) is 29.5 Å². The molecule has 0 unspecified atom stereocenters. The van der Waals surface area contributed by atoms with Crippen molar-refractivity contribution < 1.29 is 36.6 Å². The van der Waals surface area contributed by atoms with E-state index in [-0.39, 0.29) is 29.6 Å². The number of aromatic nitrogens is 2. The number of aromatic amines is 1. The molecule has 0 atom stereocenters. The third-order valence-electron chi connectivity index (χ3n) is 4.70. The molecule has 8 nitrogen and oxygen atoms in total. The molecule has 1 aromatic heterocycles. The number of amides is 2. The molecule has 0 aliphatic rings. The molecule has 0 saturated heterocycles. The Balaban J connectivity index is 1.46. The number of para-hydroxylation sites is 3. The van der Waals surface area contributed by atoms with Gasteiger partial charge in [0.2, 0.25) is 0 Å². The van der Waals surface area contributed by atoms with E-state index in [1.165, 1.54) is 24.3 Å². The van der Waals surface area contributed by atoms with Crippen LogP contribution in [0.25, 0.3) is 10.9 Å². The molecule has 2 amide bonds. The van der Waals surface area contributed by atoms with Crippen molar-refractivity contribution in [3.8, 4) is 17.2 Å². The van der Waals surface area contributed by atoms with Crippen LogP contribution in [0.4, 0.5) is 33.9 Å². The van der Waals surface area contributed by atoms with Gasteiger partial charge in [-0.15, -0.1) is 0 Å². The number of benzene rings is 3. The van der Waals surface area contributed by atoms with Gasteiger partial charge in [0.15, 0.2) is 5.82 Å². The first-order valence-electron chi connectivity index (χ1n) is 10.1. The highest BCUT2D eigenvalue weighted by Gasteiger charge is 2.15. The van der Waals surface area contributed by atoms with Gasteiger partial charge in [0.05, 0.1) is 11.2 Å². The van der Waals surface area contributed by atoms with Gasteiger partial charge in [-0.1, -0.05) is 30.3 Å². The Bertz CT molecular complexity index is 1320. The number of anilines is 2. The molecule has 0 radical (unpaired) electrons. The number of rotatable bonds is 9. The molecule has 12 heteroatoms. The van der Waals surface area contributed by atoms with E-state index in [0.29, 0.717) is 22.2 Å². The van der Waals surface area contributed by atoms with Crippen LogP contribution < -0.4 is 24.8 Å². The maximum atomic E-state index is 12.6. The molecular weight excluding hydrogens is 472 g/mol. The predicted molar refractivity (Wildman–Crippen MR) is 119 cm³/mol. The van der Waals surface area contributed by atoms with Gasteiger partial charge in [-0.05, 0) is 36.4 Å². The van der Waals surface area contributed by atoms with Gasteiger partial charge in [0.1, 0.15) is 23.9 Å². The molecule has 3 N–H and O–H groups in total. The predicted octanol–water partition coefficient (Wildman–Crippen LogP) is 5.99. The summed E-state index contributed by atoms with van der Waals surface area (Å²) in [6, 6.07) is 16.1. The number of nitrogens with one attached hydrogen (secondary N) is 3. The number of H-pyrrole nitrogens is 1. The lowest BCUT2D eigenvalue weighted by Gasteiger charge is -2.12. The van der Waals surface area contributed by atoms with E-state index in [1.54, 1.807) is 42.5 Å². The third-order valence-corrected chi connectivity index (χ3v) is 4.70. The zero-order valence-corrected chi connectivity index (χ0v) is 17.8. The smallest absolute Gasteiger partial charge is 0.387 e. The Morgan fingerprint density at radius 2 is 1.57 bits per heavy atom. The average Bonchev–Trinajstić information content (AvgIpc) is 3.21. The number of hydrogen-bond acceptors (Lipinski definition) is 5. The summed E-state index contributed by atoms with van der Waals surface area (Å²) in [6.45, 7) is -6.06. The summed E-state index contributed by atoms with van der Waals surface area (Å²) in [5.74, 6) is 0.333. The topological polar surface area (TPSA) is 97.5 Å². The van der Waals surface area contributed by atoms with E-state index in [9.17, 15) is 22.4 Å². The quantitative estimate of drug-likeness (QED) is 0.251. The standard InChI is InChI=1S/C23H18F4N4O4/c24-21(25)34-18-7-3-1-5-13(18)12-33-14-9-10-16-15(11-14)20(31-30-16)29-23(32)28-17-6-2-4-8-19(17)35-22(26)27/h1-11,21-22H,12H2,(H3,28,29,30,31,32). The number of ether oxygens (including phenoxy) is 3. The first-order valence-corrected chi connectivity index (χ1v) is 10.1. The molecule has 35 heavy (non-hydrogen) atoms. The second kappa shape index (κ2) is 10.6. The summed E-state index contributed by atoms with van der Waals surface area (Å²) >= 11 is 0. The molecule has 0 aliphatic carbocycles. The van der Waals surface area contributed by atoms with Crippen LogP contribution >= 0.6 is 0 Å². The number of alkyl halides is 4. The lowest BCUT2D eigenvalue weighted by molar-refractivity contribution is -0.0511. The monoisotopic (exact) mass is 490 g/mol. The van der Waals surface area contributed by atoms with Crippen molar-refractivity contribution in [3.05, 3.63) is 72.3 Å². The normalized spacial score (nSPS) is 11.0. The highest BCUT2D eigenvalue weighted by molar-refractivity contribution is 6.05. The van der Waals surface area contributed by atoms with Crippen LogP contribution in [0.3, 0.4) is 0 Å². The fourth-order valence-electron chi connectivity index (χ4n) is 3.20. The molecule has 0 saturated carbocycles. The summed E-state index contributed by atoms with van der Waals surface area (Å²) in [7, 11) is 0. The zero-order valence-electron chi connectivity index (χ0n) is 17.8. The van der Waals surface area contributed by atoms with Crippen LogP contribution in [0.1, 0.15) is 5.56 Å². The zero-order chi connectivity index (χ0) is 24.8. The molecule has 1 heterocycles. The number of carbonyl (C=O) groups is 1. The molecule has 0 spiro atoms. The van der Waals surface area contributed by atoms with Gasteiger partial charge in [-0.25, -0.2) is 4.79 Å². The van der Waals surface area contributed by atoms with Crippen molar-refractivity contribution >= 4 is 28.4 Å². The maximum Gasteiger partial charge on any atom is 0.387 e. The molecule has 4 aromatic rings. The SMILES string of the molecule is O=C(Nc1ccccc1OC(F)F)Nc1n[nH]c2ccc(OCc3ccccc3OC(F)F)cc12. The Morgan fingerprint density at radius 1 is 0.886 bits per heavy atom. The van der Waals surface area contributed by atoms with Gasteiger partial charge < -0.3 is 19.5 Å². The lowest BCUT2D eigenvalue weighted by atomic mass is 10.2. The lowest BCUT2D eigenvalue weighted by Crippen LogP contribution is -2.20. The number of hydrogen-bond donors (Lipinski definition) is 3. The molecule has 4 rings (SSSR count). The minimum atomic E-state index is -3.05. The van der Waals surface area contributed by atoms with Crippen molar-refractivity contribution in [2.75, 3.05) is 10.6 Å². The third kappa shape index (κ3) is 6.10. The van der Waals surface area contributed by atoms with E-state index in [0.717, 1.165) is 0 Å². The highest BCUT2D eigenvalue weighted by atomic mass is 19.3. The van der Waals surface area contributed by atoms with Crippen LogP contribution in [0.15, 0.2) is 66.7 Å². The van der Waals surface area contributed by atoms with Crippen molar-refractivity contribution in [1.82, 2.24) is 10.2 Å². The van der Waals surface area contributed by atoms with Crippen molar-refractivity contribution in [2.24, 2.45) is 0 Å². The average molecular weight is 490 g/mol. The van der Waals surface area contributed by atoms with Crippen LogP contribution in [0, 0.1) is 0 Å². The van der Waals surface area contributed by atoms with Crippen molar-refractivity contribution in [1.29, 1.82) is 0 Å². The molecule has 0 aliphatic heterocycles. The van der Waals surface area contributed by atoms with Gasteiger partial charge in [-0.2, -0.15) is 22.7 Å². The number of urea groups is 1. The van der Waals surface area contributed by atoms with Gasteiger partial charge in [-0.3, -0.25) is 10.4 Å². The minimum absolute atomic E-state index is 0.00187. The fourth-order valence-corrected chi connectivity index (χ4v) is 3.20. The van der Waals surface area contributed by atoms with Crippen molar-refractivity contribution in [3.63, 3.8) is 0 Å². The van der Waals surface area contributed by atoms with Crippen LogP contribution in [-0.2, 0) is 6.61 Å². The number of fused-ring (bicyclic) bond motifs is 1. The summed E-state index contributed by atoms with van der Waals surface area (Å²) in [5, 5.41) is 12.3. The molecular formula is C23H18F4N4O4. The van der Waals surface area contributed by atoms with Gasteiger partial charge >= 0.3 is 19.3 Å². The Hall–Kier alpha value is -4.48. The van der Waals surface area contributed by atoms with Crippen LogP contribution in [0.5, 0.6) is 17.2 Å². The molecule has 0 fully saturated rings. The van der Waals surface area contributed by atoms with Gasteiger partial charge in [0, 0.05) is 10.9 Å². The molecule has 0 bridgehead atoms. The largest absolute Gasteiger partial charge is 0.489 e. The summed E-state index contributed by atoms with van der Waals surface area (Å²) in [4.78, 5) is 12.5. The number of carbonyl (C=O) groups excluding carboxylic acids is 1. The van der Waals surface area contributed by atoms with Crippen LogP contribution in [0.2, 0.25) is 0 Å². The minimum Gasteiger partial charge on any atom is -0.489 e.